The van der Waals surface area contributed by atoms with Gasteiger partial charge in [-0.05, 0) is 30.9 Å². The van der Waals surface area contributed by atoms with Crippen molar-refractivity contribution in [3.8, 4) is 0 Å². The summed E-state index contributed by atoms with van der Waals surface area (Å²) < 4.78 is 0.749. The van der Waals surface area contributed by atoms with Gasteiger partial charge in [0, 0.05) is 17.3 Å². The van der Waals surface area contributed by atoms with Gasteiger partial charge in [-0.2, -0.15) is 0 Å². The average Bonchev–Trinajstić information content (AvgIpc) is 3.00. The van der Waals surface area contributed by atoms with Gasteiger partial charge >= 0.3 is 0 Å². The quantitative estimate of drug-likeness (QED) is 0.850. The van der Waals surface area contributed by atoms with E-state index < -0.39 is 0 Å². The molecule has 16 heavy (non-hydrogen) atoms. The van der Waals surface area contributed by atoms with Crippen molar-refractivity contribution in [1.82, 2.24) is 5.32 Å². The molecule has 0 saturated heterocycles. The van der Waals surface area contributed by atoms with Crippen LogP contribution in [0, 0.1) is 5.92 Å². The Morgan fingerprint density at radius 1 is 1.62 bits per heavy atom. The predicted molar refractivity (Wildman–Crippen MR) is 66.5 cm³/mol. The number of carbonyl (C=O) groups is 1. The van der Waals surface area contributed by atoms with Crippen molar-refractivity contribution in [3.63, 3.8) is 0 Å². The third kappa shape index (κ3) is 3.47. The molecule has 2 rings (SSSR count). The van der Waals surface area contributed by atoms with Crippen LogP contribution in [0.4, 0.5) is 0 Å². The minimum absolute atomic E-state index is 0.0314. The van der Waals surface area contributed by atoms with Crippen molar-refractivity contribution < 1.29 is 4.79 Å². The van der Waals surface area contributed by atoms with E-state index in [9.17, 15) is 4.79 Å². The molecule has 1 amide bonds. The van der Waals surface area contributed by atoms with Crippen LogP contribution in [0.15, 0.2) is 12.1 Å². The summed E-state index contributed by atoms with van der Waals surface area (Å²) in [7, 11) is 0. The lowest BCUT2D eigenvalue weighted by Gasteiger charge is -2.09. The molecule has 1 aliphatic carbocycles. The second-order valence-electron chi connectivity index (χ2n) is 4.19. The van der Waals surface area contributed by atoms with E-state index in [1.54, 1.807) is 0 Å². The van der Waals surface area contributed by atoms with Crippen LogP contribution < -0.4 is 11.1 Å². The second-order valence-corrected chi connectivity index (χ2v) is 5.99. The Morgan fingerprint density at radius 2 is 2.38 bits per heavy atom. The fourth-order valence-corrected chi connectivity index (χ4v) is 2.64. The van der Waals surface area contributed by atoms with E-state index >= 15 is 0 Å². The van der Waals surface area contributed by atoms with E-state index in [4.69, 9.17) is 17.3 Å². The van der Waals surface area contributed by atoms with Crippen molar-refractivity contribution >= 4 is 28.8 Å². The average molecular weight is 259 g/mol. The third-order valence-electron chi connectivity index (χ3n) is 2.74. The molecule has 1 aliphatic rings. The number of halogens is 1. The molecule has 0 spiro atoms. The SMILES string of the molecule is NC(CC(=O)NCc1ccc(Cl)s1)C1CC1. The van der Waals surface area contributed by atoms with Crippen LogP contribution in [0.5, 0.6) is 0 Å². The van der Waals surface area contributed by atoms with E-state index in [0.717, 1.165) is 9.21 Å². The molecule has 1 fully saturated rings. The maximum atomic E-state index is 11.5. The predicted octanol–water partition coefficient (Wildman–Crippen LogP) is 2.15. The lowest BCUT2D eigenvalue weighted by atomic mass is 10.1. The van der Waals surface area contributed by atoms with Crippen LogP contribution >= 0.6 is 22.9 Å². The molecule has 3 N–H and O–H groups in total. The standard InChI is InChI=1S/C11H15ClN2OS/c12-10-4-3-8(16-10)6-14-11(15)5-9(13)7-1-2-7/h3-4,7,9H,1-2,5-6,13H2,(H,14,15). The Kier molecular flexibility index (Phi) is 3.84. The van der Waals surface area contributed by atoms with Gasteiger partial charge in [-0.15, -0.1) is 11.3 Å². The van der Waals surface area contributed by atoms with E-state index in [1.807, 2.05) is 12.1 Å². The maximum absolute atomic E-state index is 11.5. The van der Waals surface area contributed by atoms with Crippen LogP contribution in [-0.2, 0) is 11.3 Å². The van der Waals surface area contributed by atoms with E-state index in [2.05, 4.69) is 5.32 Å². The van der Waals surface area contributed by atoms with Crippen molar-refractivity contribution in [1.29, 1.82) is 0 Å². The Hall–Kier alpha value is -0.580. The van der Waals surface area contributed by atoms with Gasteiger partial charge in [0.2, 0.25) is 5.91 Å². The Morgan fingerprint density at radius 3 is 2.94 bits per heavy atom. The number of nitrogens with one attached hydrogen (secondary N) is 1. The van der Waals surface area contributed by atoms with Gasteiger partial charge in [0.15, 0.2) is 0 Å². The molecule has 1 unspecified atom stereocenters. The number of carbonyl (C=O) groups excluding carboxylic acids is 1. The van der Waals surface area contributed by atoms with Crippen LogP contribution in [-0.4, -0.2) is 11.9 Å². The molecule has 0 bridgehead atoms. The zero-order valence-corrected chi connectivity index (χ0v) is 10.5. The van der Waals surface area contributed by atoms with Crippen LogP contribution in [0.25, 0.3) is 0 Å². The van der Waals surface area contributed by atoms with Crippen molar-refractivity contribution in [2.24, 2.45) is 11.7 Å². The molecule has 0 aliphatic heterocycles. The van der Waals surface area contributed by atoms with E-state index in [0.29, 0.717) is 18.9 Å². The molecule has 1 aromatic heterocycles. The number of hydrogen-bond acceptors (Lipinski definition) is 3. The molecule has 1 heterocycles. The maximum Gasteiger partial charge on any atom is 0.221 e. The first-order valence-corrected chi connectivity index (χ1v) is 6.61. The van der Waals surface area contributed by atoms with Crippen LogP contribution in [0.3, 0.4) is 0 Å². The van der Waals surface area contributed by atoms with Crippen molar-refractivity contribution in [3.05, 3.63) is 21.3 Å². The van der Waals surface area contributed by atoms with Crippen molar-refractivity contribution in [2.45, 2.75) is 31.8 Å². The molecule has 1 aromatic rings. The number of rotatable bonds is 5. The summed E-state index contributed by atoms with van der Waals surface area (Å²) in [6, 6.07) is 3.80. The van der Waals surface area contributed by atoms with E-state index in [1.165, 1.54) is 24.2 Å². The van der Waals surface area contributed by atoms with Gasteiger partial charge in [-0.3, -0.25) is 4.79 Å². The van der Waals surface area contributed by atoms with Crippen LogP contribution in [0.1, 0.15) is 24.1 Å². The topological polar surface area (TPSA) is 55.1 Å². The lowest BCUT2D eigenvalue weighted by Crippen LogP contribution is -2.32. The highest BCUT2D eigenvalue weighted by molar-refractivity contribution is 7.16. The first-order chi connectivity index (χ1) is 7.65. The fraction of sp³-hybridized carbons (Fsp3) is 0.545. The Balaban J connectivity index is 1.70. The van der Waals surface area contributed by atoms with Crippen molar-refractivity contribution in [2.75, 3.05) is 0 Å². The zero-order valence-electron chi connectivity index (χ0n) is 8.91. The number of thiophene rings is 1. The van der Waals surface area contributed by atoms with Gasteiger partial charge in [0.1, 0.15) is 0 Å². The summed E-state index contributed by atoms with van der Waals surface area (Å²) in [6.07, 6.45) is 2.79. The summed E-state index contributed by atoms with van der Waals surface area (Å²) in [5.41, 5.74) is 5.87. The summed E-state index contributed by atoms with van der Waals surface area (Å²) in [5, 5.41) is 2.86. The molecule has 1 saturated carbocycles. The summed E-state index contributed by atoms with van der Waals surface area (Å²) in [4.78, 5) is 12.6. The monoisotopic (exact) mass is 258 g/mol. The van der Waals surface area contributed by atoms with Gasteiger partial charge in [0.25, 0.3) is 0 Å². The van der Waals surface area contributed by atoms with E-state index in [-0.39, 0.29) is 11.9 Å². The fourth-order valence-electron chi connectivity index (χ4n) is 1.61. The molecule has 5 heteroatoms. The lowest BCUT2D eigenvalue weighted by molar-refractivity contribution is -0.121. The smallest absolute Gasteiger partial charge is 0.221 e. The molecule has 1 atom stereocenters. The number of hydrogen-bond donors (Lipinski definition) is 2. The van der Waals surface area contributed by atoms with Gasteiger partial charge in [0.05, 0.1) is 10.9 Å². The minimum atomic E-state index is 0.0314. The number of amides is 1. The third-order valence-corrected chi connectivity index (χ3v) is 3.97. The molecular formula is C11H15ClN2OS. The minimum Gasteiger partial charge on any atom is -0.351 e. The molecule has 88 valence electrons. The molecule has 0 aromatic carbocycles. The molecule has 0 radical (unpaired) electrons. The van der Waals surface area contributed by atoms with Gasteiger partial charge < -0.3 is 11.1 Å². The number of nitrogens with two attached hydrogens (primary N) is 1. The normalized spacial score (nSPS) is 17.1. The highest BCUT2D eigenvalue weighted by atomic mass is 35.5. The summed E-state index contributed by atoms with van der Waals surface area (Å²) >= 11 is 7.28. The molecular weight excluding hydrogens is 244 g/mol. The first kappa shape index (κ1) is 11.9. The first-order valence-electron chi connectivity index (χ1n) is 5.41. The largest absolute Gasteiger partial charge is 0.351 e. The van der Waals surface area contributed by atoms with Crippen LogP contribution in [0.2, 0.25) is 4.34 Å². The highest BCUT2D eigenvalue weighted by Gasteiger charge is 2.29. The Bertz CT molecular complexity index is 376. The summed E-state index contributed by atoms with van der Waals surface area (Å²) in [6.45, 7) is 0.549. The van der Waals surface area contributed by atoms with Gasteiger partial charge in [-0.25, -0.2) is 0 Å². The Labute approximate surface area is 104 Å². The zero-order chi connectivity index (χ0) is 11.5. The highest BCUT2D eigenvalue weighted by Crippen LogP contribution is 2.32. The summed E-state index contributed by atoms with van der Waals surface area (Å²) in [5.74, 6) is 0.603. The van der Waals surface area contributed by atoms with Gasteiger partial charge in [-0.1, -0.05) is 11.6 Å². The molecule has 3 nitrogen and oxygen atoms in total. The second kappa shape index (κ2) is 5.17.